The van der Waals surface area contributed by atoms with Gasteiger partial charge in [0, 0.05) is 0 Å². The van der Waals surface area contributed by atoms with Crippen LogP contribution in [-0.4, -0.2) is 17.0 Å². The van der Waals surface area contributed by atoms with Crippen LogP contribution in [0.15, 0.2) is 0 Å². The highest BCUT2D eigenvalue weighted by Crippen LogP contribution is 2.59. The second-order valence-electron chi connectivity index (χ2n) is 5.21. The normalized spacial score (nSPS) is 59.5. The average molecular weight is 182 g/mol. The van der Waals surface area contributed by atoms with Crippen LogP contribution in [0.2, 0.25) is 0 Å². The molecule has 1 N–H and O–H groups in total. The number of hydrogen-bond donors (Lipinski definition) is 1. The second-order valence-corrected chi connectivity index (χ2v) is 5.21. The summed E-state index contributed by atoms with van der Waals surface area (Å²) in [5.41, 5.74) is 0.0284. The maximum absolute atomic E-state index is 9.53. The molecule has 0 radical (unpaired) electrons. The third kappa shape index (κ3) is 0.962. The van der Waals surface area contributed by atoms with Crippen LogP contribution in [0, 0.1) is 17.8 Å². The van der Waals surface area contributed by atoms with Crippen molar-refractivity contribution in [1.82, 2.24) is 0 Å². The molecule has 1 saturated heterocycles. The van der Waals surface area contributed by atoms with Crippen molar-refractivity contribution in [2.75, 3.05) is 0 Å². The average Bonchev–Trinajstić information content (AvgIpc) is 2.60. The summed E-state index contributed by atoms with van der Waals surface area (Å²) in [5.74, 6) is 2.38. The standard InChI is InChI=1S/C11H18O2/c1-11-8-3-2-7(6-8)9(11)4-5-10(12)13-11/h7-10,12H,2-6H2,1H3. The molecule has 0 spiro atoms. The lowest BCUT2D eigenvalue weighted by atomic mass is 9.73. The molecule has 5 unspecified atom stereocenters. The van der Waals surface area contributed by atoms with Crippen LogP contribution < -0.4 is 0 Å². The molecular weight excluding hydrogens is 164 g/mol. The van der Waals surface area contributed by atoms with E-state index in [9.17, 15) is 5.11 Å². The van der Waals surface area contributed by atoms with Crippen molar-refractivity contribution in [1.29, 1.82) is 0 Å². The van der Waals surface area contributed by atoms with Crippen molar-refractivity contribution >= 4 is 0 Å². The summed E-state index contributed by atoms with van der Waals surface area (Å²) in [6.45, 7) is 2.23. The Morgan fingerprint density at radius 2 is 2.08 bits per heavy atom. The molecule has 2 heteroatoms. The second kappa shape index (κ2) is 2.48. The minimum atomic E-state index is -0.486. The van der Waals surface area contributed by atoms with E-state index < -0.39 is 6.29 Å². The van der Waals surface area contributed by atoms with Gasteiger partial charge in [-0.05, 0) is 56.8 Å². The molecular formula is C11H18O2. The van der Waals surface area contributed by atoms with E-state index in [1.165, 1.54) is 25.7 Å². The maximum atomic E-state index is 9.53. The van der Waals surface area contributed by atoms with Crippen LogP contribution in [0.5, 0.6) is 0 Å². The molecule has 3 aliphatic rings. The minimum Gasteiger partial charge on any atom is -0.368 e. The van der Waals surface area contributed by atoms with Gasteiger partial charge in [-0.2, -0.15) is 0 Å². The molecule has 5 atom stereocenters. The van der Waals surface area contributed by atoms with Crippen molar-refractivity contribution in [3.63, 3.8) is 0 Å². The number of aliphatic hydroxyl groups excluding tert-OH is 1. The van der Waals surface area contributed by atoms with E-state index in [1.807, 2.05) is 0 Å². The van der Waals surface area contributed by atoms with Crippen molar-refractivity contribution in [3.8, 4) is 0 Å². The van der Waals surface area contributed by atoms with Gasteiger partial charge in [-0.3, -0.25) is 0 Å². The molecule has 2 saturated carbocycles. The van der Waals surface area contributed by atoms with Gasteiger partial charge < -0.3 is 9.84 Å². The first-order valence-electron chi connectivity index (χ1n) is 5.56. The summed E-state index contributed by atoms with van der Waals surface area (Å²) in [4.78, 5) is 0. The monoisotopic (exact) mass is 182 g/mol. The van der Waals surface area contributed by atoms with Crippen LogP contribution in [-0.2, 0) is 4.74 Å². The largest absolute Gasteiger partial charge is 0.368 e. The Morgan fingerprint density at radius 1 is 1.23 bits per heavy atom. The fourth-order valence-electron chi connectivity index (χ4n) is 4.05. The van der Waals surface area contributed by atoms with E-state index in [-0.39, 0.29) is 5.60 Å². The van der Waals surface area contributed by atoms with E-state index in [0.717, 1.165) is 24.2 Å². The van der Waals surface area contributed by atoms with Crippen molar-refractivity contribution in [2.24, 2.45) is 17.8 Å². The van der Waals surface area contributed by atoms with Gasteiger partial charge in [0.25, 0.3) is 0 Å². The molecule has 0 aromatic rings. The lowest BCUT2D eigenvalue weighted by Crippen LogP contribution is -2.49. The van der Waals surface area contributed by atoms with Crippen molar-refractivity contribution < 1.29 is 9.84 Å². The molecule has 13 heavy (non-hydrogen) atoms. The highest BCUT2D eigenvalue weighted by Gasteiger charge is 2.58. The smallest absolute Gasteiger partial charge is 0.155 e. The maximum Gasteiger partial charge on any atom is 0.155 e. The van der Waals surface area contributed by atoms with Gasteiger partial charge in [0.1, 0.15) is 0 Å². The van der Waals surface area contributed by atoms with Gasteiger partial charge in [-0.25, -0.2) is 0 Å². The molecule has 2 nitrogen and oxygen atoms in total. The van der Waals surface area contributed by atoms with Crippen LogP contribution in [0.1, 0.15) is 39.0 Å². The Hall–Kier alpha value is -0.0800. The number of rotatable bonds is 0. The van der Waals surface area contributed by atoms with Crippen molar-refractivity contribution in [2.45, 2.75) is 50.9 Å². The molecule has 3 fully saturated rings. The van der Waals surface area contributed by atoms with Gasteiger partial charge >= 0.3 is 0 Å². The first kappa shape index (κ1) is 8.25. The summed E-state index contributed by atoms with van der Waals surface area (Å²) in [6.07, 6.45) is 5.63. The molecule has 2 aliphatic carbocycles. The van der Waals surface area contributed by atoms with E-state index in [0.29, 0.717) is 0 Å². The third-order valence-electron chi connectivity index (χ3n) is 4.70. The predicted molar refractivity (Wildman–Crippen MR) is 49.1 cm³/mol. The van der Waals surface area contributed by atoms with Gasteiger partial charge in [-0.1, -0.05) is 0 Å². The predicted octanol–water partition coefficient (Wildman–Crippen LogP) is 1.92. The minimum absolute atomic E-state index is 0.0284. The number of fused-ring (bicyclic) bond motifs is 5. The van der Waals surface area contributed by atoms with Gasteiger partial charge in [0.15, 0.2) is 6.29 Å². The zero-order valence-corrected chi connectivity index (χ0v) is 8.20. The summed E-state index contributed by atoms with van der Waals surface area (Å²) in [6, 6.07) is 0. The molecule has 0 aromatic carbocycles. The fraction of sp³-hybridized carbons (Fsp3) is 1.00. The lowest BCUT2D eigenvalue weighted by molar-refractivity contribution is -0.244. The summed E-state index contributed by atoms with van der Waals surface area (Å²) in [5, 5.41) is 9.53. The van der Waals surface area contributed by atoms with Crippen LogP contribution in [0.25, 0.3) is 0 Å². The SMILES string of the molecule is CC12OC(O)CCC1C1CCC2C1. The van der Waals surface area contributed by atoms with Gasteiger partial charge in [-0.15, -0.1) is 0 Å². The molecule has 0 aromatic heterocycles. The molecule has 0 amide bonds. The molecule has 2 bridgehead atoms. The van der Waals surface area contributed by atoms with Crippen LogP contribution in [0.4, 0.5) is 0 Å². The van der Waals surface area contributed by atoms with E-state index in [4.69, 9.17) is 4.74 Å². The molecule has 3 rings (SSSR count). The lowest BCUT2D eigenvalue weighted by Gasteiger charge is -2.46. The van der Waals surface area contributed by atoms with Gasteiger partial charge in [0.05, 0.1) is 5.60 Å². The summed E-state index contributed by atoms with van der Waals surface area (Å²) < 4.78 is 5.79. The Kier molecular flexibility index (Phi) is 1.58. The van der Waals surface area contributed by atoms with E-state index >= 15 is 0 Å². The zero-order valence-electron chi connectivity index (χ0n) is 8.20. The highest BCUT2D eigenvalue weighted by molar-refractivity contribution is 5.07. The molecule has 74 valence electrons. The Morgan fingerprint density at radius 3 is 2.92 bits per heavy atom. The summed E-state index contributed by atoms with van der Waals surface area (Å²) >= 11 is 0. The summed E-state index contributed by atoms with van der Waals surface area (Å²) in [7, 11) is 0. The first-order valence-corrected chi connectivity index (χ1v) is 5.56. The third-order valence-corrected chi connectivity index (χ3v) is 4.70. The molecule has 1 heterocycles. The number of aliphatic hydroxyl groups is 1. The number of hydrogen-bond acceptors (Lipinski definition) is 2. The van der Waals surface area contributed by atoms with Crippen LogP contribution >= 0.6 is 0 Å². The quantitative estimate of drug-likeness (QED) is 0.620. The Labute approximate surface area is 79.3 Å². The zero-order chi connectivity index (χ0) is 9.05. The Bertz CT molecular complexity index is 228. The van der Waals surface area contributed by atoms with E-state index in [2.05, 4.69) is 6.92 Å². The Balaban J connectivity index is 1.90. The van der Waals surface area contributed by atoms with Gasteiger partial charge in [0.2, 0.25) is 0 Å². The topological polar surface area (TPSA) is 29.5 Å². The number of ether oxygens (including phenoxy) is 1. The fourth-order valence-corrected chi connectivity index (χ4v) is 4.05. The molecule has 1 aliphatic heterocycles. The van der Waals surface area contributed by atoms with Crippen molar-refractivity contribution in [3.05, 3.63) is 0 Å². The highest BCUT2D eigenvalue weighted by atomic mass is 16.6. The van der Waals surface area contributed by atoms with Crippen LogP contribution in [0.3, 0.4) is 0 Å². The first-order chi connectivity index (χ1) is 6.20. The van der Waals surface area contributed by atoms with E-state index in [1.54, 1.807) is 0 Å².